The summed E-state index contributed by atoms with van der Waals surface area (Å²) in [5.41, 5.74) is 20.6. The number of rotatable bonds is 6. The van der Waals surface area contributed by atoms with Crippen molar-refractivity contribution < 1.29 is 9.85 Å². The summed E-state index contributed by atoms with van der Waals surface area (Å²) < 4.78 is 5.27. The average molecular weight is 1940 g/mol. The van der Waals surface area contributed by atoms with Crippen LogP contribution in [0.2, 0.25) is 0 Å². The quantitative estimate of drug-likeness (QED) is 0.0523. The van der Waals surface area contributed by atoms with Gasteiger partial charge in [0.05, 0.1) is 31.9 Å². The minimum atomic E-state index is -0.370. The summed E-state index contributed by atoms with van der Waals surface area (Å²) in [6.45, 7) is 5.74. The van der Waals surface area contributed by atoms with E-state index < -0.39 is 0 Å². The number of piperidine rings is 2. The maximum absolute atomic E-state index is 14.8. The van der Waals surface area contributed by atoms with Crippen molar-refractivity contribution in [3.05, 3.63) is 182 Å². The van der Waals surface area contributed by atoms with Crippen molar-refractivity contribution in [2.24, 2.45) is 189 Å². The molecule has 20 unspecified atom stereocenters. The lowest BCUT2D eigenvalue weighted by Gasteiger charge is -2.71. The van der Waals surface area contributed by atoms with Crippen LogP contribution in [0.25, 0.3) is 120 Å². The van der Waals surface area contributed by atoms with E-state index in [9.17, 15) is 29.8 Å². The third-order valence-corrected chi connectivity index (χ3v) is 46.4. The van der Waals surface area contributed by atoms with Gasteiger partial charge in [0.25, 0.3) is 22.5 Å². The number of hydrogen-bond donors (Lipinski definition) is 2. The van der Waals surface area contributed by atoms with E-state index in [1.54, 1.807) is 86.8 Å². The molecule has 16 aliphatic carbocycles. The molecule has 696 valence electrons. The molecule has 32 rings (SSSR count). The molecule has 0 amide bonds. The third-order valence-electron chi connectivity index (χ3n) is 45.0. The van der Waals surface area contributed by atoms with Crippen molar-refractivity contribution in [1.29, 1.82) is 0 Å². The Morgan fingerprint density at radius 2 is 0.632 bits per heavy atom. The molecule has 0 bridgehead atoms. The topological polar surface area (TPSA) is 214 Å². The normalized spacial score (nSPS) is 38.2. The molecule has 0 spiro atoms. The summed E-state index contributed by atoms with van der Waals surface area (Å²) >= 11 is 7.46. The zero-order valence-electron chi connectivity index (χ0n) is 78.0. The summed E-state index contributed by atoms with van der Waals surface area (Å²) in [6, 6.07) is 38.6. The largest absolute Gasteiger partial charge is 0.399 e. The summed E-state index contributed by atoms with van der Waals surface area (Å²) in [5.74, 6) is 30.8. The highest BCUT2D eigenvalue weighted by molar-refractivity contribution is 9.11. The van der Waals surface area contributed by atoms with E-state index in [0.717, 1.165) is 282 Å². The second-order valence-electron chi connectivity index (χ2n) is 49.0. The van der Waals surface area contributed by atoms with E-state index in [1.165, 1.54) is 146 Å². The standard InChI is InChI=1S/C59H60BrN5O5.C59H64BrN5O/c60-48-21-20-43-52-42(48)8-3-9-44(52)59(66)63-49-24-32(65(69)70)23-46-47(45-22-31(64(67)68)12-15-41(45)57(56(46)49)61-58(43)63)27-62-25-29-10-13-35-39-18-16-37-33-6-1-4-28-5-2-7-34(51(28)33)38-17-19-40(55(39)54(37)38)36-14-11-30(26-62)50(29)53(35)36;60-48-21-20-43-52-42(48)8-3-9-44(52)59(66)65-49-24-32(62)23-46-47(45-22-31(61)12-15-41(45)57(56(46)49)63-58(43)65)27-64-25-29-10-13-35-39-18-16-37-33-6-1-4-28-5-2-7-34(51(28)33)38-17-19-40(55(39)54(37)38)36-14-11-30(26-64)50(29)53(35)36/h3,8-9,12,15,20-24,28-30,33-40,50-51,53-55H,1-2,4-7,10-11,13-14,16-19,25-27H2;3,8-9,12,15,20-24,28-30,33-40,50-51,53-55H,1-2,4-7,10-11,13-14,16-19,25-27,61-62H2. The van der Waals surface area contributed by atoms with Crippen LogP contribution in [0.1, 0.15) is 191 Å². The van der Waals surface area contributed by atoms with Gasteiger partial charge in [0.15, 0.2) is 0 Å². The minimum Gasteiger partial charge on any atom is -0.399 e. The van der Waals surface area contributed by atoms with Crippen molar-refractivity contribution >= 4 is 174 Å². The van der Waals surface area contributed by atoms with E-state index in [4.69, 9.17) is 21.4 Å². The Labute approximate surface area is 809 Å². The van der Waals surface area contributed by atoms with Gasteiger partial charge in [-0.15, -0.1) is 0 Å². The van der Waals surface area contributed by atoms with Crippen LogP contribution in [0.3, 0.4) is 0 Å². The van der Waals surface area contributed by atoms with Crippen LogP contribution in [0.4, 0.5) is 22.7 Å². The monoisotopic (exact) mass is 1930 g/mol. The molecule has 14 aromatic rings. The molecule has 20 atom stereocenters. The van der Waals surface area contributed by atoms with E-state index >= 15 is 0 Å². The molecule has 136 heavy (non-hydrogen) atoms. The van der Waals surface area contributed by atoms with Crippen LogP contribution in [0, 0.1) is 210 Å². The lowest BCUT2D eigenvalue weighted by molar-refractivity contribution is -0.384. The summed E-state index contributed by atoms with van der Waals surface area (Å²) in [6.07, 6.45) is 42.0. The highest BCUT2D eigenvalue weighted by atomic mass is 79.9. The predicted molar refractivity (Wildman–Crippen MR) is 549 cm³/mol. The van der Waals surface area contributed by atoms with E-state index in [0.29, 0.717) is 73.3 Å². The predicted octanol–water partition coefficient (Wildman–Crippen LogP) is 26.8. The molecule has 4 aromatic heterocycles. The van der Waals surface area contributed by atoms with Crippen LogP contribution in [-0.4, -0.2) is 64.6 Å². The third kappa shape index (κ3) is 11.2. The van der Waals surface area contributed by atoms with Crippen molar-refractivity contribution in [2.75, 3.05) is 37.6 Å². The number of hydrogen-bond acceptors (Lipinski definition) is 12. The molecular formula is C118H124Br2N10O6. The van der Waals surface area contributed by atoms with Crippen LogP contribution in [0.5, 0.6) is 0 Å². The van der Waals surface area contributed by atoms with Crippen molar-refractivity contribution in [3.8, 4) is 0 Å². The number of benzene rings is 10. The van der Waals surface area contributed by atoms with Crippen molar-refractivity contribution in [1.82, 2.24) is 28.6 Å². The van der Waals surface area contributed by atoms with Crippen molar-refractivity contribution in [3.63, 3.8) is 0 Å². The second-order valence-corrected chi connectivity index (χ2v) is 50.7. The molecule has 18 aliphatic rings. The Balaban J connectivity index is 0.000000127. The smallest absolute Gasteiger partial charge is 0.272 e. The summed E-state index contributed by atoms with van der Waals surface area (Å²) in [5, 5.41) is 39.3. The Bertz CT molecular complexity index is 7540. The number of aromatic nitrogens is 4. The number of nitrogens with zero attached hydrogens (tertiary/aromatic N) is 8. The molecule has 6 heterocycles. The number of nitro benzene ring substituents is 2. The molecule has 18 heteroatoms. The fourth-order valence-electron chi connectivity index (χ4n) is 41.9. The molecule has 4 N–H and O–H groups in total. The van der Waals surface area contributed by atoms with E-state index in [-0.39, 0.29) is 32.3 Å². The van der Waals surface area contributed by atoms with Gasteiger partial charge in [0.1, 0.15) is 11.3 Å². The van der Waals surface area contributed by atoms with Gasteiger partial charge in [0.2, 0.25) is 0 Å². The zero-order valence-corrected chi connectivity index (χ0v) is 81.2. The maximum atomic E-state index is 14.8. The van der Waals surface area contributed by atoms with Gasteiger partial charge in [-0.1, -0.05) is 114 Å². The summed E-state index contributed by atoms with van der Waals surface area (Å²) in [4.78, 5) is 70.7. The minimum absolute atomic E-state index is 0.0174. The second kappa shape index (κ2) is 30.0. The van der Waals surface area contributed by atoms with E-state index in [1.807, 2.05) is 65.1 Å². The highest BCUT2D eigenvalue weighted by Gasteiger charge is 2.70. The first-order valence-electron chi connectivity index (χ1n) is 54.2. The first-order valence-corrected chi connectivity index (χ1v) is 55.8. The van der Waals surface area contributed by atoms with Crippen LogP contribution >= 0.6 is 31.9 Å². The Morgan fingerprint density at radius 3 is 1.04 bits per heavy atom. The fourth-order valence-corrected chi connectivity index (χ4v) is 42.8. The van der Waals surface area contributed by atoms with Gasteiger partial charge < -0.3 is 11.5 Å². The molecule has 0 radical (unpaired) electrons. The lowest BCUT2D eigenvalue weighted by Crippen LogP contribution is -2.66. The van der Waals surface area contributed by atoms with Gasteiger partial charge in [-0.2, -0.15) is 0 Å². The van der Waals surface area contributed by atoms with Gasteiger partial charge in [-0.05, 0) is 428 Å². The molecule has 2 saturated heterocycles. The number of halogens is 2. The number of nitro groups is 2. The number of nitrogens with two attached hydrogens (primary N) is 2. The molecule has 18 fully saturated rings. The van der Waals surface area contributed by atoms with Crippen LogP contribution in [0.15, 0.2) is 140 Å². The highest BCUT2D eigenvalue weighted by Crippen LogP contribution is 2.76. The first kappa shape index (κ1) is 82.1. The molecule has 10 aromatic carbocycles. The Kier molecular flexibility index (Phi) is 18.1. The molecule has 16 nitrogen and oxygen atoms in total. The van der Waals surface area contributed by atoms with Crippen LogP contribution in [-0.2, 0) is 13.1 Å². The fraction of sp³-hybridized carbons (Fsp3) is 0.559. The van der Waals surface area contributed by atoms with Gasteiger partial charge in [0, 0.05) is 138 Å². The SMILES string of the molecule is Nc1ccc2c(c1)c(CN1CC3CCC4C5CCC6C7CCCC8CCCC(C9CCC(C%10CCC(C1)C3C4%10)C5C69)C87)c1cc(N)cc3c1c2nc1c2ccc(Br)c4cccc(c(=O)n31)c42.O=c1c2cccc3c(Br)ccc(c32)c2nc3c4ccc([N+](=O)[O-])cc4c(CN4CC5CCC6C7CCC8C9CCCC%10CCCC(C%11CCC(C%12CCC(C4)C5C6%12)C7C8%11)C%109)c4cc([N+](=O)[O-])cc(c43)n12. The maximum Gasteiger partial charge on any atom is 0.272 e. The van der Waals surface area contributed by atoms with Gasteiger partial charge in [-0.3, -0.25) is 48.4 Å². The molecule has 16 saturated carbocycles. The Hall–Kier alpha value is -8.68. The zero-order chi connectivity index (χ0) is 90.0. The number of anilines is 2. The average Bonchev–Trinajstić information content (AvgIpc) is 0.695. The van der Waals surface area contributed by atoms with Gasteiger partial charge in [-0.25, -0.2) is 9.97 Å². The van der Waals surface area contributed by atoms with Crippen molar-refractivity contribution in [2.45, 2.75) is 193 Å². The number of likely N-dealkylation sites (tertiary alicyclic amines) is 2. The Morgan fingerprint density at radius 1 is 0.301 bits per heavy atom. The van der Waals surface area contributed by atoms with E-state index in [2.05, 4.69) is 78.1 Å². The first-order chi connectivity index (χ1) is 66.6. The number of non-ortho nitro benzene ring substituents is 2. The lowest BCUT2D eigenvalue weighted by atomic mass is 9.34. The molecular weight excluding hydrogens is 1810 g/mol. The van der Waals surface area contributed by atoms with Gasteiger partial charge >= 0.3 is 0 Å². The number of nitrogen functional groups attached to an aromatic ring is 2. The summed E-state index contributed by atoms with van der Waals surface area (Å²) in [7, 11) is 0. The van der Waals surface area contributed by atoms with Crippen LogP contribution < -0.4 is 22.6 Å². The number of fused-ring (bicyclic) bond motifs is 18. The molecule has 2 aliphatic heterocycles. The number of pyridine rings is 2.